The number of halogens is 1. The molecule has 3 N–H and O–H groups in total. The second-order valence-corrected chi connectivity index (χ2v) is 12.9. The number of nitrogens with one attached hydrogen (secondary N) is 3. The number of nitrogens with zero attached hydrogens (tertiary/aromatic N) is 1. The van der Waals surface area contributed by atoms with Crippen LogP contribution in [0.3, 0.4) is 0 Å². The first-order chi connectivity index (χ1) is 16.5. The summed E-state index contributed by atoms with van der Waals surface area (Å²) in [6.45, 7) is -0.347. The Morgan fingerprint density at radius 1 is 1.14 bits per heavy atom. The van der Waals surface area contributed by atoms with Crippen LogP contribution in [-0.4, -0.2) is 67.6 Å². The van der Waals surface area contributed by atoms with Gasteiger partial charge in [-0.15, -0.1) is 0 Å². The molecule has 0 aromatic heterocycles. The first-order valence-electron chi connectivity index (χ1n) is 10.7. The first kappa shape index (κ1) is 26.2. The number of benzene rings is 2. The van der Waals surface area contributed by atoms with Gasteiger partial charge in [-0.1, -0.05) is 24.3 Å². The largest absolute Gasteiger partial charge is 0.380 e. The zero-order valence-corrected chi connectivity index (χ0v) is 20.8. The second-order valence-electron chi connectivity index (χ2n) is 8.79. The van der Waals surface area contributed by atoms with Crippen molar-refractivity contribution in [3.05, 3.63) is 59.4 Å². The lowest BCUT2D eigenvalue weighted by Gasteiger charge is -2.26. The van der Waals surface area contributed by atoms with Crippen molar-refractivity contribution in [3.63, 3.8) is 0 Å². The molecule has 0 unspecified atom stereocenters. The fourth-order valence-corrected chi connectivity index (χ4v) is 4.65. The molecule has 0 radical (unpaired) electrons. The minimum absolute atomic E-state index is 0.186. The zero-order chi connectivity index (χ0) is 25.8. The third kappa shape index (κ3) is 6.58. The first-order valence-corrected chi connectivity index (χ1v) is 13.6. The zero-order valence-electron chi connectivity index (χ0n) is 20.0. The van der Waals surface area contributed by atoms with Gasteiger partial charge in [0.1, 0.15) is 18.4 Å². The Balaban J connectivity index is 1.82. The van der Waals surface area contributed by atoms with Gasteiger partial charge in [0.25, 0.3) is 11.8 Å². The van der Waals surface area contributed by atoms with Crippen LogP contribution >= 0.6 is 10.0 Å². The van der Waals surface area contributed by atoms with Gasteiger partial charge in [0.15, 0.2) is 0 Å². The van der Waals surface area contributed by atoms with Gasteiger partial charge < -0.3 is 20.7 Å². The van der Waals surface area contributed by atoms with Crippen molar-refractivity contribution in [2.75, 3.05) is 44.3 Å². The van der Waals surface area contributed by atoms with Crippen molar-refractivity contribution in [2.45, 2.75) is 17.5 Å². The molecule has 2 aromatic carbocycles. The van der Waals surface area contributed by atoms with Gasteiger partial charge in [-0.25, -0.2) is 19.2 Å². The highest BCUT2D eigenvalue weighted by Gasteiger charge is 2.32. The van der Waals surface area contributed by atoms with E-state index < -0.39 is 52.2 Å². The van der Waals surface area contributed by atoms with Gasteiger partial charge >= 0.3 is 6.03 Å². The van der Waals surface area contributed by atoms with Crippen LogP contribution in [0.2, 0.25) is 0 Å². The minimum Gasteiger partial charge on any atom is -0.380 e. The van der Waals surface area contributed by atoms with E-state index in [1.165, 1.54) is 6.07 Å². The average molecular weight is 505 g/mol. The van der Waals surface area contributed by atoms with Crippen molar-refractivity contribution in [3.8, 4) is 0 Å². The van der Waals surface area contributed by atoms with E-state index in [2.05, 4.69) is 16.0 Å². The fourth-order valence-electron chi connectivity index (χ4n) is 3.53. The van der Waals surface area contributed by atoms with E-state index in [1.807, 2.05) is 18.8 Å². The number of hydrogen-bond donors (Lipinski definition) is 3. The standard InChI is InChI=1S/C24H29FN4O5S/c1-34-14-15-5-7-16(8-6-15)22(28-20(30)13-29-21(31)12-26-24(29)33)23(32)27-17-9-10-19(18(25)11-17)35(2,3)4/h5-11,22H,12-14H2,1-4H3,(H,26,33)(H,27,32)(H,28,30)/t22-/m1/s1. The predicted molar refractivity (Wildman–Crippen MR) is 132 cm³/mol. The van der Waals surface area contributed by atoms with Gasteiger partial charge in [0.2, 0.25) is 5.91 Å². The SMILES string of the molecule is COCc1ccc([C@@H](NC(=O)CN2C(=O)CNC2=O)C(=O)Nc2ccc(S(C)(C)C)c(F)c2)cc1. The molecule has 2 aromatic rings. The Morgan fingerprint density at radius 2 is 1.83 bits per heavy atom. The molecule has 1 heterocycles. The third-order valence-corrected chi connectivity index (χ3v) is 6.94. The van der Waals surface area contributed by atoms with Crippen molar-refractivity contribution in [2.24, 2.45) is 0 Å². The van der Waals surface area contributed by atoms with Crippen LogP contribution in [0.1, 0.15) is 17.2 Å². The molecule has 3 rings (SSSR count). The second kappa shape index (κ2) is 10.9. The van der Waals surface area contributed by atoms with Gasteiger partial charge in [0.05, 0.1) is 13.2 Å². The smallest absolute Gasteiger partial charge is 0.325 e. The molecule has 9 nitrogen and oxygen atoms in total. The Bertz CT molecular complexity index is 1120. The highest BCUT2D eigenvalue weighted by Crippen LogP contribution is 2.46. The molecule has 0 aliphatic carbocycles. The molecule has 0 spiro atoms. The minimum atomic E-state index is -1.30. The normalized spacial score (nSPS) is 14.9. The molecular weight excluding hydrogens is 475 g/mol. The summed E-state index contributed by atoms with van der Waals surface area (Å²) in [5.74, 6) is -2.26. The van der Waals surface area contributed by atoms with Gasteiger partial charge in [-0.2, -0.15) is 0 Å². The monoisotopic (exact) mass is 504 g/mol. The third-order valence-electron chi connectivity index (χ3n) is 5.29. The Morgan fingerprint density at radius 3 is 2.37 bits per heavy atom. The molecule has 1 aliphatic rings. The van der Waals surface area contributed by atoms with Gasteiger partial charge in [-0.05, 0) is 48.1 Å². The number of ether oxygens (including phenoxy) is 1. The molecule has 1 atom stereocenters. The summed E-state index contributed by atoms with van der Waals surface area (Å²) < 4.78 is 19.8. The van der Waals surface area contributed by atoms with Crippen LogP contribution in [0.15, 0.2) is 47.4 Å². The van der Waals surface area contributed by atoms with Crippen molar-refractivity contribution < 1.29 is 28.3 Å². The number of rotatable bonds is 9. The molecule has 1 aliphatic heterocycles. The molecule has 35 heavy (non-hydrogen) atoms. The maximum atomic E-state index is 14.7. The quantitative estimate of drug-likeness (QED) is 0.454. The number of amides is 5. The summed E-state index contributed by atoms with van der Waals surface area (Å²) >= 11 is 0. The topological polar surface area (TPSA) is 117 Å². The lowest BCUT2D eigenvalue weighted by molar-refractivity contribution is -0.131. The number of hydrogen-bond acceptors (Lipinski definition) is 5. The molecule has 1 fully saturated rings. The molecule has 11 heteroatoms. The van der Waals surface area contributed by atoms with Crippen LogP contribution in [0.5, 0.6) is 0 Å². The summed E-state index contributed by atoms with van der Waals surface area (Å²) in [7, 11) is 0.258. The van der Waals surface area contributed by atoms with Crippen LogP contribution in [0.25, 0.3) is 0 Å². The van der Waals surface area contributed by atoms with Crippen LogP contribution in [0, 0.1) is 5.82 Å². The molecule has 188 valence electrons. The van der Waals surface area contributed by atoms with Gasteiger partial charge in [0, 0.05) is 17.7 Å². The predicted octanol–water partition coefficient (Wildman–Crippen LogP) is 2.37. The maximum absolute atomic E-state index is 14.7. The van der Waals surface area contributed by atoms with Crippen LogP contribution in [-0.2, 0) is 25.7 Å². The summed E-state index contributed by atoms with van der Waals surface area (Å²) in [6, 6.07) is 9.51. The summed E-state index contributed by atoms with van der Waals surface area (Å²) in [4.78, 5) is 50.8. The number of imide groups is 1. The Hall–Kier alpha value is -3.44. The van der Waals surface area contributed by atoms with Crippen molar-refractivity contribution in [1.29, 1.82) is 0 Å². The number of carbonyl (C=O) groups is 4. The van der Waals surface area contributed by atoms with Crippen molar-refractivity contribution >= 4 is 39.5 Å². The van der Waals surface area contributed by atoms with Crippen molar-refractivity contribution in [1.82, 2.24) is 15.5 Å². The van der Waals surface area contributed by atoms with Crippen LogP contribution in [0.4, 0.5) is 14.9 Å². The molecule has 0 bridgehead atoms. The number of carbonyl (C=O) groups excluding carboxylic acids is 4. The summed E-state index contributed by atoms with van der Waals surface area (Å²) in [5, 5.41) is 7.56. The molecule has 1 saturated heterocycles. The van der Waals surface area contributed by atoms with Crippen LogP contribution < -0.4 is 16.0 Å². The van der Waals surface area contributed by atoms with E-state index in [9.17, 15) is 23.6 Å². The van der Waals surface area contributed by atoms with E-state index in [4.69, 9.17) is 4.74 Å². The summed E-state index contributed by atoms with van der Waals surface area (Å²) in [5.41, 5.74) is 1.57. The number of methoxy groups -OCH3 is 1. The number of urea groups is 1. The molecular formula is C24H29FN4O5S. The highest BCUT2D eigenvalue weighted by atomic mass is 32.3. The lowest BCUT2D eigenvalue weighted by atomic mass is 10.0. The lowest BCUT2D eigenvalue weighted by Crippen LogP contribution is -2.44. The van der Waals surface area contributed by atoms with E-state index >= 15 is 0 Å². The Labute approximate surface area is 204 Å². The van der Waals surface area contributed by atoms with E-state index in [0.29, 0.717) is 17.1 Å². The molecule has 5 amide bonds. The fraction of sp³-hybridized carbons (Fsp3) is 0.333. The summed E-state index contributed by atoms with van der Waals surface area (Å²) in [6.07, 6.45) is 5.90. The van der Waals surface area contributed by atoms with Gasteiger partial charge in [-0.3, -0.25) is 19.3 Å². The highest BCUT2D eigenvalue weighted by molar-refractivity contribution is 8.32. The average Bonchev–Trinajstić information content (AvgIpc) is 3.09. The Kier molecular flexibility index (Phi) is 8.13. The van der Waals surface area contributed by atoms with E-state index in [0.717, 1.165) is 10.5 Å². The van der Waals surface area contributed by atoms with E-state index in [-0.39, 0.29) is 12.2 Å². The molecule has 0 saturated carbocycles. The number of anilines is 1. The maximum Gasteiger partial charge on any atom is 0.325 e. The van der Waals surface area contributed by atoms with E-state index in [1.54, 1.807) is 43.5 Å².